The third kappa shape index (κ3) is 5.01. The minimum Gasteiger partial charge on any atom is -0.490 e. The van der Waals surface area contributed by atoms with Crippen molar-refractivity contribution in [3.63, 3.8) is 0 Å². The van der Waals surface area contributed by atoms with Crippen LogP contribution in [-0.4, -0.2) is 60.6 Å². The molecule has 0 saturated carbocycles. The van der Waals surface area contributed by atoms with Crippen LogP contribution in [0, 0.1) is 0 Å². The molecule has 0 bridgehead atoms. The van der Waals surface area contributed by atoms with Crippen molar-refractivity contribution in [1.82, 2.24) is 15.1 Å². The van der Waals surface area contributed by atoms with Crippen LogP contribution in [0.25, 0.3) is 22.0 Å². The smallest absolute Gasteiger partial charge is 0.323 e. The van der Waals surface area contributed by atoms with Crippen molar-refractivity contribution < 1.29 is 14.3 Å². The molecule has 1 aliphatic heterocycles. The number of morpholine rings is 1. The summed E-state index contributed by atoms with van der Waals surface area (Å²) in [6.07, 6.45) is 0. The Bertz CT molecular complexity index is 1370. The Morgan fingerprint density at radius 2 is 1.89 bits per heavy atom. The normalized spacial score (nSPS) is 14.1. The van der Waals surface area contributed by atoms with E-state index in [1.54, 1.807) is 0 Å². The topological polar surface area (TPSA) is 123 Å². The quantitative estimate of drug-likeness (QED) is 0.311. The minimum absolute atomic E-state index is 0.399. The number of carbonyl (C=O) groups excluding carboxylic acids is 1. The highest BCUT2D eigenvalue weighted by Crippen LogP contribution is 2.37. The average Bonchev–Trinajstić information content (AvgIpc) is 3.27. The zero-order chi connectivity index (χ0) is 25.1. The van der Waals surface area contributed by atoms with Crippen LogP contribution in [0.3, 0.4) is 0 Å². The first-order valence-corrected chi connectivity index (χ1v) is 12.5. The van der Waals surface area contributed by atoms with Gasteiger partial charge in [-0.05, 0) is 53.6 Å². The maximum Gasteiger partial charge on any atom is 0.323 e. The maximum absolute atomic E-state index is 12.3. The molecule has 5 rings (SSSR count). The number of nitrogens with two attached hydrogens (primary N) is 2. The Hall–Kier alpha value is -3.60. The fourth-order valence-corrected chi connectivity index (χ4v) is 4.80. The van der Waals surface area contributed by atoms with Gasteiger partial charge in [0.25, 0.3) is 0 Å². The van der Waals surface area contributed by atoms with Gasteiger partial charge in [-0.25, -0.2) is 4.79 Å². The lowest BCUT2D eigenvalue weighted by atomic mass is 10.0. The fourth-order valence-electron chi connectivity index (χ4n) is 4.41. The molecule has 36 heavy (non-hydrogen) atoms. The summed E-state index contributed by atoms with van der Waals surface area (Å²) in [6.45, 7) is 4.73. The first-order valence-electron chi connectivity index (χ1n) is 11.7. The molecule has 3 aromatic carbocycles. The Morgan fingerprint density at radius 1 is 1.11 bits per heavy atom. The number of fused-ring (bicyclic) bond motifs is 1. The van der Waals surface area contributed by atoms with Crippen LogP contribution in [0.5, 0.6) is 5.75 Å². The molecule has 0 aliphatic carbocycles. The second kappa shape index (κ2) is 10.6. The van der Waals surface area contributed by atoms with Crippen molar-refractivity contribution in [3.8, 4) is 16.9 Å². The van der Waals surface area contributed by atoms with Gasteiger partial charge in [0, 0.05) is 24.1 Å². The van der Waals surface area contributed by atoms with E-state index in [0.29, 0.717) is 29.5 Å². The number of nitrogens with one attached hydrogen (secondary N) is 1. The number of ether oxygens (including phenoxy) is 2. The molecule has 1 saturated heterocycles. The van der Waals surface area contributed by atoms with Gasteiger partial charge >= 0.3 is 6.03 Å². The van der Waals surface area contributed by atoms with Gasteiger partial charge in [0.05, 0.1) is 30.0 Å². The number of aromatic amines is 1. The summed E-state index contributed by atoms with van der Waals surface area (Å²) in [4.78, 5) is 16.0. The van der Waals surface area contributed by atoms with Crippen LogP contribution in [0.2, 0.25) is 0 Å². The van der Waals surface area contributed by atoms with Crippen LogP contribution in [0.1, 0.15) is 0 Å². The highest BCUT2D eigenvalue weighted by atomic mass is 79.9. The molecular formula is C26H27BrN6O3. The lowest BCUT2D eigenvalue weighted by molar-refractivity contribution is 0.0323. The van der Waals surface area contributed by atoms with Gasteiger partial charge in [-0.15, -0.1) is 0 Å². The summed E-state index contributed by atoms with van der Waals surface area (Å²) in [7, 11) is 0. The van der Waals surface area contributed by atoms with Crippen LogP contribution >= 0.6 is 15.9 Å². The predicted molar refractivity (Wildman–Crippen MR) is 145 cm³/mol. The number of hydrogen-bond acceptors (Lipinski definition) is 6. The van der Waals surface area contributed by atoms with Crippen molar-refractivity contribution in [3.05, 3.63) is 65.1 Å². The highest BCUT2D eigenvalue weighted by Gasteiger charge is 2.18. The Balaban J connectivity index is 1.40. The third-order valence-corrected chi connectivity index (χ3v) is 6.70. The monoisotopic (exact) mass is 550 g/mol. The predicted octanol–water partition coefficient (Wildman–Crippen LogP) is 4.50. The molecule has 9 nitrogen and oxygen atoms in total. The van der Waals surface area contributed by atoms with Gasteiger partial charge < -0.3 is 20.9 Å². The first-order chi connectivity index (χ1) is 17.5. The number of carbonyl (C=O) groups is 1. The molecule has 5 N–H and O–H groups in total. The number of H-pyrrole nitrogens is 1. The molecule has 10 heteroatoms. The van der Waals surface area contributed by atoms with E-state index in [9.17, 15) is 4.79 Å². The summed E-state index contributed by atoms with van der Waals surface area (Å²) in [5, 5.41) is 8.04. The summed E-state index contributed by atoms with van der Waals surface area (Å²) in [5.74, 6) is 1.10. The number of aromatic nitrogens is 2. The number of urea groups is 1. The van der Waals surface area contributed by atoms with Crippen LogP contribution in [0.15, 0.2) is 65.1 Å². The van der Waals surface area contributed by atoms with Gasteiger partial charge in [0.1, 0.15) is 17.9 Å². The number of primary amides is 1. The molecule has 1 fully saturated rings. The summed E-state index contributed by atoms with van der Waals surface area (Å²) >= 11 is 3.44. The lowest BCUT2D eigenvalue weighted by Gasteiger charge is -2.26. The van der Waals surface area contributed by atoms with Gasteiger partial charge in [-0.2, -0.15) is 5.10 Å². The first kappa shape index (κ1) is 24.1. The Morgan fingerprint density at radius 3 is 2.61 bits per heavy atom. The highest BCUT2D eigenvalue weighted by molar-refractivity contribution is 9.10. The molecule has 4 aromatic rings. The van der Waals surface area contributed by atoms with E-state index in [1.165, 1.54) is 4.90 Å². The van der Waals surface area contributed by atoms with Crippen LogP contribution in [-0.2, 0) is 4.74 Å². The molecule has 186 valence electrons. The number of nitrogens with zero attached hydrogens (tertiary/aromatic N) is 3. The molecular weight excluding hydrogens is 524 g/mol. The molecule has 2 heterocycles. The molecule has 0 atom stereocenters. The Kier molecular flexibility index (Phi) is 7.08. The van der Waals surface area contributed by atoms with E-state index in [0.717, 1.165) is 59.4 Å². The van der Waals surface area contributed by atoms with Gasteiger partial charge in [-0.3, -0.25) is 14.9 Å². The fraction of sp³-hybridized carbons (Fsp3) is 0.231. The second-order valence-electron chi connectivity index (χ2n) is 8.47. The van der Waals surface area contributed by atoms with E-state index < -0.39 is 6.03 Å². The second-order valence-corrected chi connectivity index (χ2v) is 9.39. The van der Waals surface area contributed by atoms with Crippen LogP contribution < -0.4 is 21.1 Å². The summed E-state index contributed by atoms with van der Waals surface area (Å²) < 4.78 is 12.3. The summed E-state index contributed by atoms with van der Waals surface area (Å²) in [6, 6.07) is 18.3. The number of rotatable bonds is 7. The standard InChI is InChI=1S/C26H27BrN6O3/c27-18-2-1-3-20(16-18)33(26(29)34)19-6-4-17(5-7-19)21-8-9-22(24-23(21)25(28)31-30-24)36-15-12-32-10-13-35-14-11-32/h1-9,16H,10-15H2,(H2,29,34)(H3,28,30,31). The molecule has 1 aliphatic rings. The number of nitrogen functional groups attached to an aromatic ring is 1. The molecule has 0 unspecified atom stereocenters. The van der Waals surface area contributed by atoms with Crippen LogP contribution in [0.4, 0.5) is 22.0 Å². The average molecular weight is 551 g/mol. The van der Waals surface area contributed by atoms with E-state index >= 15 is 0 Å². The van der Waals surface area contributed by atoms with Crippen molar-refractivity contribution >= 4 is 50.1 Å². The molecule has 1 aromatic heterocycles. The number of benzene rings is 3. The lowest BCUT2D eigenvalue weighted by Crippen LogP contribution is -2.38. The largest absolute Gasteiger partial charge is 0.490 e. The number of halogens is 1. The molecule has 2 amide bonds. The van der Waals surface area contributed by atoms with E-state index in [-0.39, 0.29) is 0 Å². The van der Waals surface area contributed by atoms with Gasteiger partial charge in [0.2, 0.25) is 0 Å². The minimum atomic E-state index is -0.569. The zero-order valence-electron chi connectivity index (χ0n) is 19.6. The number of hydrogen-bond donors (Lipinski definition) is 3. The number of anilines is 3. The zero-order valence-corrected chi connectivity index (χ0v) is 21.2. The van der Waals surface area contributed by atoms with Gasteiger partial charge in [0.15, 0.2) is 5.82 Å². The van der Waals surface area contributed by atoms with E-state index in [1.807, 2.05) is 60.7 Å². The maximum atomic E-state index is 12.3. The summed E-state index contributed by atoms with van der Waals surface area (Å²) in [5.41, 5.74) is 15.9. The molecule has 0 radical (unpaired) electrons. The van der Waals surface area contributed by atoms with Gasteiger partial charge in [-0.1, -0.05) is 34.1 Å². The van der Waals surface area contributed by atoms with Crippen molar-refractivity contribution in [1.29, 1.82) is 0 Å². The number of amides is 2. The van der Waals surface area contributed by atoms with Crippen molar-refractivity contribution in [2.24, 2.45) is 5.73 Å². The SMILES string of the molecule is NC(=O)N(c1ccc(-c2ccc(OCCN3CCOCC3)c3[nH]nc(N)c23)cc1)c1cccc(Br)c1. The molecule has 0 spiro atoms. The van der Waals surface area contributed by atoms with Crippen molar-refractivity contribution in [2.45, 2.75) is 0 Å². The van der Waals surface area contributed by atoms with Crippen molar-refractivity contribution in [2.75, 3.05) is 50.1 Å². The van der Waals surface area contributed by atoms with E-state index in [2.05, 4.69) is 31.0 Å². The van der Waals surface area contributed by atoms with E-state index in [4.69, 9.17) is 20.9 Å². The Labute approximate surface area is 217 Å². The third-order valence-electron chi connectivity index (χ3n) is 6.20.